The zero-order valence-corrected chi connectivity index (χ0v) is 17.3. The Kier molecular flexibility index (Phi) is 7.09. The Labute approximate surface area is 170 Å². The molecule has 1 amide bonds. The smallest absolute Gasteiger partial charge is 0.341 e. The third kappa shape index (κ3) is 4.93. The molecule has 0 radical (unpaired) electrons. The monoisotopic (exact) mass is 401 g/mol. The van der Waals surface area contributed by atoms with Crippen molar-refractivity contribution >= 4 is 28.2 Å². The highest BCUT2D eigenvalue weighted by molar-refractivity contribution is 7.17. The van der Waals surface area contributed by atoms with Crippen LogP contribution in [0.1, 0.15) is 59.5 Å². The van der Waals surface area contributed by atoms with E-state index in [9.17, 15) is 9.59 Å². The summed E-state index contributed by atoms with van der Waals surface area (Å²) < 4.78 is 10.7. The van der Waals surface area contributed by atoms with Crippen LogP contribution in [-0.2, 0) is 28.8 Å². The summed E-state index contributed by atoms with van der Waals surface area (Å²) in [6.45, 7) is 4.71. The van der Waals surface area contributed by atoms with Crippen LogP contribution in [0.5, 0.6) is 5.75 Å². The summed E-state index contributed by atoms with van der Waals surface area (Å²) in [6, 6.07) is 7.80. The molecule has 5 nitrogen and oxygen atoms in total. The zero-order valence-electron chi connectivity index (χ0n) is 16.5. The van der Waals surface area contributed by atoms with Gasteiger partial charge in [-0.1, -0.05) is 12.1 Å². The highest BCUT2D eigenvalue weighted by atomic mass is 32.1. The number of esters is 1. The Balaban J connectivity index is 1.66. The lowest BCUT2D eigenvalue weighted by molar-refractivity contribution is -0.116. The van der Waals surface area contributed by atoms with Crippen molar-refractivity contribution < 1.29 is 19.1 Å². The number of amides is 1. The number of thiophene rings is 1. The molecule has 0 unspecified atom stereocenters. The van der Waals surface area contributed by atoms with E-state index < -0.39 is 0 Å². The van der Waals surface area contributed by atoms with E-state index in [4.69, 9.17) is 9.47 Å². The number of ether oxygens (including phenoxy) is 2. The molecule has 0 atom stereocenters. The Morgan fingerprint density at radius 3 is 2.54 bits per heavy atom. The number of carbonyl (C=O) groups excluding carboxylic acids is 2. The van der Waals surface area contributed by atoms with Gasteiger partial charge in [0.15, 0.2) is 0 Å². The van der Waals surface area contributed by atoms with Gasteiger partial charge in [0.2, 0.25) is 5.91 Å². The Morgan fingerprint density at radius 1 is 1.07 bits per heavy atom. The maximum Gasteiger partial charge on any atom is 0.341 e. The Morgan fingerprint density at radius 2 is 1.82 bits per heavy atom. The summed E-state index contributed by atoms with van der Waals surface area (Å²) in [5, 5.41) is 3.60. The van der Waals surface area contributed by atoms with Crippen LogP contribution in [-0.4, -0.2) is 25.1 Å². The topological polar surface area (TPSA) is 64.6 Å². The van der Waals surface area contributed by atoms with Crippen molar-refractivity contribution in [3.63, 3.8) is 0 Å². The number of nitrogens with one attached hydrogen (secondary N) is 1. The fraction of sp³-hybridized carbons (Fsp3) is 0.455. The second kappa shape index (κ2) is 9.73. The molecule has 1 aromatic carbocycles. The van der Waals surface area contributed by atoms with Gasteiger partial charge in [0.25, 0.3) is 0 Å². The first-order chi connectivity index (χ1) is 13.6. The largest absolute Gasteiger partial charge is 0.494 e. The molecule has 0 fully saturated rings. The van der Waals surface area contributed by atoms with Gasteiger partial charge in [0.05, 0.1) is 18.8 Å². The van der Waals surface area contributed by atoms with E-state index in [-0.39, 0.29) is 11.9 Å². The van der Waals surface area contributed by atoms with Crippen molar-refractivity contribution in [2.75, 3.05) is 18.5 Å². The normalized spacial score (nSPS) is 12.9. The van der Waals surface area contributed by atoms with Crippen molar-refractivity contribution in [3.05, 3.63) is 45.8 Å². The lowest BCUT2D eigenvalue weighted by atomic mass is 9.95. The first kappa shape index (κ1) is 20.4. The summed E-state index contributed by atoms with van der Waals surface area (Å²) in [6.07, 6.45) is 5.04. The molecule has 3 rings (SSSR count). The second-order valence-corrected chi connectivity index (χ2v) is 7.87. The van der Waals surface area contributed by atoms with Crippen LogP contribution in [0.2, 0.25) is 0 Å². The molecule has 2 aromatic rings. The highest BCUT2D eigenvalue weighted by Gasteiger charge is 2.27. The summed E-state index contributed by atoms with van der Waals surface area (Å²) >= 11 is 1.52. The van der Waals surface area contributed by atoms with E-state index in [0.717, 1.165) is 42.6 Å². The van der Waals surface area contributed by atoms with E-state index >= 15 is 0 Å². The van der Waals surface area contributed by atoms with Gasteiger partial charge in [-0.25, -0.2) is 4.79 Å². The maximum atomic E-state index is 12.5. The Bertz CT molecular complexity index is 826. The van der Waals surface area contributed by atoms with Gasteiger partial charge < -0.3 is 14.8 Å². The molecule has 28 heavy (non-hydrogen) atoms. The first-order valence-corrected chi connectivity index (χ1v) is 10.8. The van der Waals surface area contributed by atoms with E-state index in [1.165, 1.54) is 16.2 Å². The average Bonchev–Trinajstić information content (AvgIpc) is 3.05. The van der Waals surface area contributed by atoms with Gasteiger partial charge in [0, 0.05) is 11.3 Å². The SMILES string of the molecule is CCOC(=O)c1c(NC(=O)CCc2ccc(OCC)cc2)sc2c1CCCC2. The van der Waals surface area contributed by atoms with Crippen LogP contribution < -0.4 is 10.1 Å². The Hall–Kier alpha value is -2.34. The number of hydrogen-bond donors (Lipinski definition) is 1. The number of anilines is 1. The minimum absolute atomic E-state index is 0.0852. The number of fused-ring (bicyclic) bond motifs is 1. The molecule has 0 aliphatic heterocycles. The fourth-order valence-corrected chi connectivity index (χ4v) is 4.73. The van der Waals surface area contributed by atoms with Crippen LogP contribution in [0.3, 0.4) is 0 Å². The standard InChI is InChI=1S/C22H27NO4S/c1-3-26-16-12-9-15(10-13-16)11-14-19(24)23-21-20(22(25)27-4-2)17-7-5-6-8-18(17)28-21/h9-10,12-13H,3-8,11,14H2,1-2H3,(H,23,24). The fourth-order valence-electron chi connectivity index (χ4n) is 3.44. The molecule has 1 aromatic heterocycles. The molecule has 0 saturated carbocycles. The highest BCUT2D eigenvalue weighted by Crippen LogP contribution is 2.38. The van der Waals surface area contributed by atoms with Gasteiger partial charge in [0.1, 0.15) is 10.8 Å². The lowest BCUT2D eigenvalue weighted by Gasteiger charge is -2.12. The van der Waals surface area contributed by atoms with Crippen molar-refractivity contribution in [1.82, 2.24) is 0 Å². The summed E-state index contributed by atoms with van der Waals surface area (Å²) in [7, 11) is 0. The number of benzene rings is 1. The molecular weight excluding hydrogens is 374 g/mol. The summed E-state index contributed by atoms with van der Waals surface area (Å²) in [5.41, 5.74) is 2.71. The number of hydrogen-bond acceptors (Lipinski definition) is 5. The molecule has 1 aliphatic rings. The van der Waals surface area contributed by atoms with E-state index in [0.29, 0.717) is 36.6 Å². The van der Waals surface area contributed by atoms with Crippen LogP contribution >= 0.6 is 11.3 Å². The maximum absolute atomic E-state index is 12.5. The number of carbonyl (C=O) groups is 2. The number of rotatable bonds is 8. The minimum atomic E-state index is -0.330. The quantitative estimate of drug-likeness (QED) is 0.647. The zero-order chi connectivity index (χ0) is 19.9. The van der Waals surface area contributed by atoms with Crippen LogP contribution in [0, 0.1) is 0 Å². The van der Waals surface area contributed by atoms with Gasteiger partial charge in [-0.2, -0.15) is 0 Å². The van der Waals surface area contributed by atoms with Crippen molar-refractivity contribution in [3.8, 4) is 5.75 Å². The third-order valence-electron chi connectivity index (χ3n) is 4.78. The van der Waals surface area contributed by atoms with Crippen molar-refractivity contribution in [1.29, 1.82) is 0 Å². The summed E-state index contributed by atoms with van der Waals surface area (Å²) in [4.78, 5) is 26.2. The molecule has 0 bridgehead atoms. The third-order valence-corrected chi connectivity index (χ3v) is 5.99. The van der Waals surface area contributed by atoms with Gasteiger partial charge in [-0.05, 0) is 69.2 Å². The predicted octanol–water partition coefficient (Wildman–Crippen LogP) is 4.77. The van der Waals surface area contributed by atoms with Gasteiger partial charge >= 0.3 is 5.97 Å². The van der Waals surface area contributed by atoms with E-state index in [1.807, 2.05) is 31.2 Å². The first-order valence-electron chi connectivity index (χ1n) is 9.95. The second-order valence-electron chi connectivity index (χ2n) is 6.76. The van der Waals surface area contributed by atoms with E-state index in [2.05, 4.69) is 5.32 Å². The molecule has 0 spiro atoms. The minimum Gasteiger partial charge on any atom is -0.494 e. The van der Waals surface area contributed by atoms with Crippen LogP contribution in [0.4, 0.5) is 5.00 Å². The van der Waals surface area contributed by atoms with Gasteiger partial charge in [-0.3, -0.25) is 4.79 Å². The molecular formula is C22H27NO4S. The molecule has 1 aliphatic carbocycles. The molecule has 1 N–H and O–H groups in total. The predicted molar refractivity (Wildman–Crippen MR) is 111 cm³/mol. The average molecular weight is 402 g/mol. The lowest BCUT2D eigenvalue weighted by Crippen LogP contribution is -2.16. The van der Waals surface area contributed by atoms with Gasteiger partial charge in [-0.15, -0.1) is 11.3 Å². The molecule has 0 saturated heterocycles. The van der Waals surface area contributed by atoms with Crippen molar-refractivity contribution in [2.45, 2.75) is 52.4 Å². The van der Waals surface area contributed by atoms with Crippen LogP contribution in [0.25, 0.3) is 0 Å². The molecule has 150 valence electrons. The van der Waals surface area contributed by atoms with Crippen molar-refractivity contribution in [2.24, 2.45) is 0 Å². The summed E-state index contributed by atoms with van der Waals surface area (Å²) in [5.74, 6) is 0.417. The molecule has 6 heteroatoms. The van der Waals surface area contributed by atoms with Crippen LogP contribution in [0.15, 0.2) is 24.3 Å². The number of aryl methyl sites for hydroxylation is 2. The van der Waals surface area contributed by atoms with E-state index in [1.54, 1.807) is 6.92 Å². The molecule has 1 heterocycles.